The lowest BCUT2D eigenvalue weighted by atomic mass is 10.1. The third-order valence-corrected chi connectivity index (χ3v) is 4.39. The lowest BCUT2D eigenvalue weighted by Gasteiger charge is -2.08. The average molecular weight is 299 g/mol. The first kappa shape index (κ1) is 16.7. The molecule has 0 fully saturated rings. The van der Waals surface area contributed by atoms with Gasteiger partial charge in [0.25, 0.3) is 0 Å². The van der Waals surface area contributed by atoms with Gasteiger partial charge in [-0.05, 0) is 36.6 Å². The molecule has 0 unspecified atom stereocenters. The highest BCUT2D eigenvalue weighted by Gasteiger charge is 2.13. The second-order valence-corrected chi connectivity index (χ2v) is 6.88. The SMILES string of the molecule is CC(C)CCCCNS(=O)(=O)c1ccc(C(=O)O)cc1. The standard InChI is InChI=1S/C14H21NO4S/c1-11(2)5-3-4-10-15-20(18,19)13-8-6-12(7-9-13)14(16)17/h6-9,11,15H,3-5,10H2,1-2H3,(H,16,17). The number of rotatable bonds is 8. The minimum absolute atomic E-state index is 0.0703. The Hall–Kier alpha value is -1.40. The van der Waals surface area contributed by atoms with Gasteiger partial charge in [0.15, 0.2) is 0 Å². The lowest BCUT2D eigenvalue weighted by Crippen LogP contribution is -2.24. The van der Waals surface area contributed by atoms with Gasteiger partial charge in [-0.2, -0.15) is 0 Å². The molecule has 20 heavy (non-hydrogen) atoms. The molecule has 5 nitrogen and oxygen atoms in total. The fraction of sp³-hybridized carbons (Fsp3) is 0.500. The quantitative estimate of drug-likeness (QED) is 0.722. The molecule has 0 amide bonds. The summed E-state index contributed by atoms with van der Waals surface area (Å²) in [5.74, 6) is -0.453. The van der Waals surface area contributed by atoms with Crippen molar-refractivity contribution in [3.63, 3.8) is 0 Å². The molecule has 0 radical (unpaired) electrons. The molecule has 0 aliphatic carbocycles. The van der Waals surface area contributed by atoms with Crippen molar-refractivity contribution in [2.75, 3.05) is 6.54 Å². The van der Waals surface area contributed by atoms with Crippen molar-refractivity contribution in [3.05, 3.63) is 29.8 Å². The number of carboxylic acid groups (broad SMARTS) is 1. The van der Waals surface area contributed by atoms with E-state index in [0.717, 1.165) is 19.3 Å². The molecule has 1 aromatic carbocycles. The molecule has 0 saturated carbocycles. The summed E-state index contributed by atoms with van der Waals surface area (Å²) in [4.78, 5) is 10.8. The number of hydrogen-bond donors (Lipinski definition) is 2. The first-order valence-electron chi connectivity index (χ1n) is 6.66. The maximum absolute atomic E-state index is 12.0. The largest absolute Gasteiger partial charge is 0.478 e. The Kier molecular flexibility index (Phi) is 6.16. The van der Waals surface area contributed by atoms with Crippen LogP contribution in [0.1, 0.15) is 43.5 Å². The van der Waals surface area contributed by atoms with Gasteiger partial charge in [0.2, 0.25) is 10.0 Å². The number of hydrogen-bond acceptors (Lipinski definition) is 3. The van der Waals surface area contributed by atoms with Crippen molar-refractivity contribution in [2.45, 2.75) is 38.0 Å². The van der Waals surface area contributed by atoms with E-state index in [9.17, 15) is 13.2 Å². The van der Waals surface area contributed by atoms with Crippen LogP contribution in [-0.2, 0) is 10.0 Å². The first-order valence-corrected chi connectivity index (χ1v) is 8.14. The fourth-order valence-electron chi connectivity index (χ4n) is 1.74. The van der Waals surface area contributed by atoms with Crippen molar-refractivity contribution in [3.8, 4) is 0 Å². The van der Waals surface area contributed by atoms with Gasteiger partial charge >= 0.3 is 5.97 Å². The summed E-state index contributed by atoms with van der Waals surface area (Å²) in [6, 6.07) is 5.19. The molecule has 1 aromatic rings. The van der Waals surface area contributed by atoms with E-state index in [0.29, 0.717) is 12.5 Å². The number of aromatic carboxylic acids is 1. The van der Waals surface area contributed by atoms with Crippen LogP contribution in [0, 0.1) is 5.92 Å². The average Bonchev–Trinajstić information content (AvgIpc) is 2.38. The maximum atomic E-state index is 12.0. The van der Waals surface area contributed by atoms with Crippen LogP contribution in [0.2, 0.25) is 0 Å². The van der Waals surface area contributed by atoms with Crippen molar-refractivity contribution >= 4 is 16.0 Å². The number of carboxylic acids is 1. The molecule has 0 aliphatic heterocycles. The molecular weight excluding hydrogens is 278 g/mol. The van der Waals surface area contributed by atoms with Crippen LogP contribution in [0.25, 0.3) is 0 Å². The van der Waals surface area contributed by atoms with E-state index < -0.39 is 16.0 Å². The van der Waals surface area contributed by atoms with Crippen LogP contribution in [0.3, 0.4) is 0 Å². The highest BCUT2D eigenvalue weighted by molar-refractivity contribution is 7.89. The molecule has 1 rings (SSSR count). The Morgan fingerprint density at radius 3 is 2.30 bits per heavy atom. The highest BCUT2D eigenvalue weighted by atomic mass is 32.2. The molecule has 0 bridgehead atoms. The molecule has 0 aromatic heterocycles. The number of benzene rings is 1. The topological polar surface area (TPSA) is 83.5 Å². The van der Waals surface area contributed by atoms with Crippen molar-refractivity contribution in [2.24, 2.45) is 5.92 Å². The van der Waals surface area contributed by atoms with Gasteiger partial charge in [-0.1, -0.05) is 26.7 Å². The van der Waals surface area contributed by atoms with Crippen molar-refractivity contribution in [1.29, 1.82) is 0 Å². The summed E-state index contributed by atoms with van der Waals surface area (Å²) in [7, 11) is -3.55. The molecule has 6 heteroatoms. The van der Waals surface area contributed by atoms with Crippen molar-refractivity contribution in [1.82, 2.24) is 4.72 Å². The number of carbonyl (C=O) groups is 1. The third kappa shape index (κ3) is 5.30. The lowest BCUT2D eigenvalue weighted by molar-refractivity contribution is 0.0696. The van der Waals surface area contributed by atoms with Gasteiger partial charge in [0.05, 0.1) is 10.5 Å². The second-order valence-electron chi connectivity index (χ2n) is 5.12. The molecule has 0 heterocycles. The Labute approximate surface area is 120 Å². The van der Waals surface area contributed by atoms with Crippen molar-refractivity contribution < 1.29 is 18.3 Å². The minimum Gasteiger partial charge on any atom is -0.478 e. The van der Waals surface area contributed by atoms with Gasteiger partial charge in [-0.3, -0.25) is 0 Å². The molecule has 0 aliphatic rings. The highest BCUT2D eigenvalue weighted by Crippen LogP contribution is 2.11. The van der Waals surface area contributed by atoms with E-state index in [2.05, 4.69) is 18.6 Å². The zero-order chi connectivity index (χ0) is 15.2. The summed E-state index contributed by atoms with van der Waals surface area (Å²) in [6.45, 7) is 4.66. The maximum Gasteiger partial charge on any atom is 0.335 e. The van der Waals surface area contributed by atoms with Crippen LogP contribution in [0.5, 0.6) is 0 Å². The van der Waals surface area contributed by atoms with Crippen LogP contribution < -0.4 is 4.72 Å². The van der Waals surface area contributed by atoms with E-state index in [1.807, 2.05) is 0 Å². The van der Waals surface area contributed by atoms with Gasteiger partial charge in [-0.25, -0.2) is 17.9 Å². The van der Waals surface area contributed by atoms with Crippen LogP contribution in [0.15, 0.2) is 29.2 Å². The van der Waals surface area contributed by atoms with Crippen LogP contribution >= 0.6 is 0 Å². The first-order chi connectivity index (χ1) is 9.33. The van der Waals surface area contributed by atoms with Gasteiger partial charge in [0.1, 0.15) is 0 Å². The Morgan fingerprint density at radius 1 is 1.20 bits per heavy atom. The zero-order valence-corrected chi connectivity index (χ0v) is 12.6. The minimum atomic E-state index is -3.55. The summed E-state index contributed by atoms with van der Waals surface area (Å²) in [6.07, 6.45) is 2.86. The van der Waals surface area contributed by atoms with Gasteiger partial charge in [0, 0.05) is 6.54 Å². The number of nitrogens with one attached hydrogen (secondary N) is 1. The van der Waals surface area contributed by atoms with E-state index in [4.69, 9.17) is 5.11 Å². The number of unbranched alkanes of at least 4 members (excludes halogenated alkanes) is 1. The molecular formula is C14H21NO4S. The van der Waals surface area contributed by atoms with Gasteiger partial charge < -0.3 is 5.11 Å². The normalized spacial score (nSPS) is 11.8. The summed E-state index contributed by atoms with van der Waals surface area (Å²) in [5.41, 5.74) is 0.0703. The second kappa shape index (κ2) is 7.40. The summed E-state index contributed by atoms with van der Waals surface area (Å²) >= 11 is 0. The molecule has 0 atom stereocenters. The van der Waals surface area contributed by atoms with Crippen LogP contribution in [-0.4, -0.2) is 26.0 Å². The zero-order valence-electron chi connectivity index (χ0n) is 11.8. The Morgan fingerprint density at radius 2 is 1.80 bits per heavy atom. The molecule has 2 N–H and O–H groups in total. The predicted molar refractivity (Wildman–Crippen MR) is 77.3 cm³/mol. The predicted octanol–water partition coefficient (Wildman–Crippen LogP) is 2.49. The number of sulfonamides is 1. The summed E-state index contributed by atoms with van der Waals surface area (Å²) in [5, 5.41) is 8.76. The fourth-order valence-corrected chi connectivity index (χ4v) is 2.82. The third-order valence-electron chi connectivity index (χ3n) is 2.91. The van der Waals surface area contributed by atoms with E-state index >= 15 is 0 Å². The Balaban J connectivity index is 2.54. The molecule has 0 saturated heterocycles. The van der Waals surface area contributed by atoms with E-state index in [1.54, 1.807) is 0 Å². The molecule has 112 valence electrons. The van der Waals surface area contributed by atoms with Crippen LogP contribution in [0.4, 0.5) is 0 Å². The van der Waals surface area contributed by atoms with E-state index in [-0.39, 0.29) is 10.5 Å². The monoisotopic (exact) mass is 299 g/mol. The Bertz CT molecular complexity index is 535. The van der Waals surface area contributed by atoms with E-state index in [1.165, 1.54) is 24.3 Å². The molecule has 0 spiro atoms. The smallest absolute Gasteiger partial charge is 0.335 e. The summed E-state index contributed by atoms with van der Waals surface area (Å²) < 4.78 is 26.4. The van der Waals surface area contributed by atoms with Gasteiger partial charge in [-0.15, -0.1) is 0 Å².